The van der Waals surface area contributed by atoms with Gasteiger partial charge in [0.15, 0.2) is 11.6 Å². The number of nitrogens with two attached hydrogens (primary N) is 1. The number of nitrogens with zero attached hydrogens (tertiary/aromatic N) is 2. The highest BCUT2D eigenvalue weighted by molar-refractivity contribution is 5.47. The van der Waals surface area contributed by atoms with Gasteiger partial charge in [-0.2, -0.15) is 4.98 Å². The standard InChI is InChI=1S/C16H20FN3O/c1-9-6-7-11(17)12(8-9)21-14-10(2)13(18)19-15(20-14)16(3,4)5/h6-8H,1-5H3,(H2,18,19,20). The van der Waals surface area contributed by atoms with Crippen molar-refractivity contribution >= 4 is 5.82 Å². The molecule has 0 amide bonds. The minimum Gasteiger partial charge on any atom is -0.435 e. The zero-order chi connectivity index (χ0) is 15.8. The van der Waals surface area contributed by atoms with Gasteiger partial charge in [0.25, 0.3) is 0 Å². The Morgan fingerprint density at radius 3 is 2.43 bits per heavy atom. The van der Waals surface area contributed by atoms with Crippen LogP contribution in [0, 0.1) is 19.7 Å². The number of ether oxygens (including phenoxy) is 1. The van der Waals surface area contributed by atoms with E-state index in [1.807, 2.05) is 27.7 Å². The summed E-state index contributed by atoms with van der Waals surface area (Å²) in [7, 11) is 0. The first kappa shape index (κ1) is 15.2. The summed E-state index contributed by atoms with van der Waals surface area (Å²) in [5, 5.41) is 0. The molecule has 0 fully saturated rings. The third kappa shape index (κ3) is 3.29. The van der Waals surface area contributed by atoms with Gasteiger partial charge in [-0.25, -0.2) is 9.37 Å². The van der Waals surface area contributed by atoms with Gasteiger partial charge in [-0.1, -0.05) is 26.8 Å². The number of nitrogen functional groups attached to an aromatic ring is 1. The van der Waals surface area contributed by atoms with E-state index in [0.717, 1.165) is 5.56 Å². The van der Waals surface area contributed by atoms with Crippen LogP contribution < -0.4 is 10.5 Å². The highest BCUT2D eigenvalue weighted by Crippen LogP contribution is 2.30. The number of hydrogen-bond acceptors (Lipinski definition) is 4. The molecule has 1 aromatic carbocycles. The van der Waals surface area contributed by atoms with Crippen LogP contribution in [0.25, 0.3) is 0 Å². The van der Waals surface area contributed by atoms with Crippen molar-refractivity contribution in [2.75, 3.05) is 5.73 Å². The summed E-state index contributed by atoms with van der Waals surface area (Å²) < 4.78 is 19.5. The van der Waals surface area contributed by atoms with Crippen molar-refractivity contribution in [1.82, 2.24) is 9.97 Å². The lowest BCUT2D eigenvalue weighted by atomic mass is 9.95. The van der Waals surface area contributed by atoms with Gasteiger partial charge < -0.3 is 10.5 Å². The Hall–Kier alpha value is -2.17. The average Bonchev–Trinajstić information content (AvgIpc) is 2.37. The van der Waals surface area contributed by atoms with Crippen LogP contribution >= 0.6 is 0 Å². The first-order chi connectivity index (χ1) is 9.68. The van der Waals surface area contributed by atoms with E-state index in [1.165, 1.54) is 6.07 Å². The summed E-state index contributed by atoms with van der Waals surface area (Å²) in [4.78, 5) is 8.67. The zero-order valence-corrected chi connectivity index (χ0v) is 13.0. The number of anilines is 1. The Balaban J connectivity index is 2.49. The predicted octanol–water partition coefficient (Wildman–Crippen LogP) is 3.90. The molecule has 0 saturated carbocycles. The molecule has 2 rings (SSSR count). The van der Waals surface area contributed by atoms with Crippen LogP contribution in [-0.2, 0) is 5.41 Å². The van der Waals surface area contributed by atoms with E-state index >= 15 is 0 Å². The van der Waals surface area contributed by atoms with Crippen LogP contribution in [-0.4, -0.2) is 9.97 Å². The zero-order valence-electron chi connectivity index (χ0n) is 13.0. The van der Waals surface area contributed by atoms with Crippen molar-refractivity contribution in [1.29, 1.82) is 0 Å². The smallest absolute Gasteiger partial charge is 0.227 e. The molecule has 1 aromatic heterocycles. The fourth-order valence-electron chi connectivity index (χ4n) is 1.74. The quantitative estimate of drug-likeness (QED) is 0.910. The summed E-state index contributed by atoms with van der Waals surface area (Å²) in [6.45, 7) is 9.56. The molecule has 0 aliphatic heterocycles. The van der Waals surface area contributed by atoms with Crippen LogP contribution in [0.1, 0.15) is 37.7 Å². The second-order valence-corrected chi connectivity index (χ2v) is 6.15. The summed E-state index contributed by atoms with van der Waals surface area (Å²) in [6.07, 6.45) is 0. The van der Waals surface area contributed by atoms with Crippen molar-refractivity contribution in [3.8, 4) is 11.6 Å². The summed E-state index contributed by atoms with van der Waals surface area (Å²) in [5.41, 5.74) is 7.15. The van der Waals surface area contributed by atoms with E-state index in [0.29, 0.717) is 17.2 Å². The number of aryl methyl sites for hydroxylation is 1. The van der Waals surface area contributed by atoms with Crippen molar-refractivity contribution in [2.45, 2.75) is 40.0 Å². The molecule has 112 valence electrons. The van der Waals surface area contributed by atoms with Gasteiger partial charge in [-0.05, 0) is 31.5 Å². The van der Waals surface area contributed by atoms with Gasteiger partial charge in [-0.3, -0.25) is 0 Å². The maximum atomic E-state index is 13.8. The Morgan fingerprint density at radius 1 is 1.14 bits per heavy atom. The Labute approximate surface area is 124 Å². The number of benzene rings is 1. The lowest BCUT2D eigenvalue weighted by molar-refractivity contribution is 0.414. The van der Waals surface area contributed by atoms with E-state index in [4.69, 9.17) is 10.5 Å². The van der Waals surface area contributed by atoms with E-state index in [-0.39, 0.29) is 17.0 Å². The van der Waals surface area contributed by atoms with Crippen LogP contribution in [0.15, 0.2) is 18.2 Å². The molecule has 0 aliphatic carbocycles. The molecule has 1 heterocycles. The Bertz CT molecular complexity index is 678. The topological polar surface area (TPSA) is 61.0 Å². The molecule has 0 spiro atoms. The molecular formula is C16H20FN3O. The largest absolute Gasteiger partial charge is 0.435 e. The molecule has 0 atom stereocenters. The van der Waals surface area contributed by atoms with Gasteiger partial charge in [0, 0.05) is 5.41 Å². The maximum Gasteiger partial charge on any atom is 0.227 e. The third-order valence-corrected chi connectivity index (χ3v) is 3.10. The highest BCUT2D eigenvalue weighted by atomic mass is 19.1. The van der Waals surface area contributed by atoms with Crippen molar-refractivity contribution in [3.63, 3.8) is 0 Å². The molecule has 5 heteroatoms. The number of hydrogen-bond donors (Lipinski definition) is 1. The van der Waals surface area contributed by atoms with Gasteiger partial charge in [0.05, 0.1) is 5.56 Å². The van der Waals surface area contributed by atoms with Crippen LogP contribution in [0.2, 0.25) is 0 Å². The molecule has 0 saturated heterocycles. The number of rotatable bonds is 2. The lowest BCUT2D eigenvalue weighted by Gasteiger charge is -2.19. The van der Waals surface area contributed by atoms with Gasteiger partial charge >= 0.3 is 0 Å². The van der Waals surface area contributed by atoms with Gasteiger partial charge in [0.2, 0.25) is 5.88 Å². The van der Waals surface area contributed by atoms with Crippen LogP contribution in [0.3, 0.4) is 0 Å². The van der Waals surface area contributed by atoms with E-state index in [1.54, 1.807) is 19.1 Å². The molecule has 0 bridgehead atoms. The minimum atomic E-state index is -0.436. The van der Waals surface area contributed by atoms with Gasteiger partial charge in [-0.15, -0.1) is 0 Å². The van der Waals surface area contributed by atoms with Crippen molar-refractivity contribution in [2.24, 2.45) is 0 Å². The molecular weight excluding hydrogens is 269 g/mol. The molecule has 0 aliphatic rings. The SMILES string of the molecule is Cc1ccc(F)c(Oc2nc(C(C)(C)C)nc(N)c2C)c1. The molecule has 2 aromatic rings. The summed E-state index contributed by atoms with van der Waals surface area (Å²) >= 11 is 0. The van der Waals surface area contributed by atoms with Crippen LogP contribution in [0.4, 0.5) is 10.2 Å². The molecule has 0 radical (unpaired) electrons. The summed E-state index contributed by atoms with van der Waals surface area (Å²) in [6, 6.07) is 4.68. The minimum absolute atomic E-state index is 0.135. The highest BCUT2D eigenvalue weighted by Gasteiger charge is 2.21. The Kier molecular flexibility index (Phi) is 3.85. The average molecular weight is 289 g/mol. The fraction of sp³-hybridized carbons (Fsp3) is 0.375. The Morgan fingerprint density at radius 2 is 1.81 bits per heavy atom. The van der Waals surface area contributed by atoms with E-state index < -0.39 is 5.82 Å². The number of aromatic nitrogens is 2. The third-order valence-electron chi connectivity index (χ3n) is 3.10. The van der Waals surface area contributed by atoms with Crippen molar-refractivity contribution in [3.05, 3.63) is 41.0 Å². The monoisotopic (exact) mass is 289 g/mol. The van der Waals surface area contributed by atoms with Crippen molar-refractivity contribution < 1.29 is 9.13 Å². The molecule has 21 heavy (non-hydrogen) atoms. The maximum absolute atomic E-state index is 13.8. The summed E-state index contributed by atoms with van der Waals surface area (Å²) in [5.74, 6) is 0.897. The molecule has 2 N–H and O–H groups in total. The second kappa shape index (κ2) is 5.31. The van der Waals surface area contributed by atoms with E-state index in [9.17, 15) is 4.39 Å². The molecule has 0 unspecified atom stereocenters. The number of halogens is 1. The fourth-order valence-corrected chi connectivity index (χ4v) is 1.74. The normalized spacial score (nSPS) is 11.5. The first-order valence-electron chi connectivity index (χ1n) is 6.77. The second-order valence-electron chi connectivity index (χ2n) is 6.15. The lowest BCUT2D eigenvalue weighted by Crippen LogP contribution is -2.18. The van der Waals surface area contributed by atoms with Gasteiger partial charge in [0.1, 0.15) is 11.6 Å². The van der Waals surface area contributed by atoms with Crippen LogP contribution in [0.5, 0.6) is 11.6 Å². The van der Waals surface area contributed by atoms with E-state index in [2.05, 4.69) is 9.97 Å². The molecule has 4 nitrogen and oxygen atoms in total. The predicted molar refractivity (Wildman–Crippen MR) is 81.1 cm³/mol. The first-order valence-corrected chi connectivity index (χ1v) is 6.77.